The predicted octanol–water partition coefficient (Wildman–Crippen LogP) is 7.01. The van der Waals surface area contributed by atoms with Gasteiger partial charge in [0.05, 0.1) is 18.6 Å². The van der Waals surface area contributed by atoms with Gasteiger partial charge in [-0.05, 0) is 53.5 Å². The Morgan fingerprint density at radius 1 is 1.12 bits per heavy atom. The Morgan fingerprint density at radius 2 is 1.88 bits per heavy atom. The van der Waals surface area contributed by atoms with E-state index in [0.717, 1.165) is 54.3 Å². The van der Waals surface area contributed by atoms with Crippen LogP contribution in [0.2, 0.25) is 0 Å². The molecule has 2 aromatic carbocycles. The van der Waals surface area contributed by atoms with E-state index in [0.29, 0.717) is 12.0 Å². The minimum atomic E-state index is 0.249. The van der Waals surface area contributed by atoms with E-state index < -0.39 is 0 Å². The fourth-order valence-corrected chi connectivity index (χ4v) is 5.00. The van der Waals surface area contributed by atoms with E-state index in [4.69, 9.17) is 4.99 Å². The molecule has 3 aromatic rings. The second-order valence-electron chi connectivity index (χ2n) is 9.33. The molecule has 3 N–H and O–H groups in total. The summed E-state index contributed by atoms with van der Waals surface area (Å²) in [5.74, 6) is 1.58. The number of rotatable bonds is 11. The first-order valence-electron chi connectivity index (χ1n) is 12.3. The fraction of sp³-hybridized carbons (Fsp3) is 0.345. The fourth-order valence-electron chi connectivity index (χ4n) is 4.23. The van der Waals surface area contributed by atoms with Gasteiger partial charge in [0, 0.05) is 28.4 Å². The normalized spacial score (nSPS) is 16.1. The van der Waals surface area contributed by atoms with Gasteiger partial charge in [0.1, 0.15) is 5.84 Å². The maximum absolute atomic E-state index is 4.76. The first-order valence-corrected chi connectivity index (χ1v) is 13.2. The first-order chi connectivity index (χ1) is 16.5. The third-order valence-electron chi connectivity index (χ3n) is 6.09. The van der Waals surface area contributed by atoms with E-state index in [1.165, 1.54) is 10.4 Å². The number of amidine groups is 1. The van der Waals surface area contributed by atoms with Crippen molar-refractivity contribution in [2.45, 2.75) is 45.7 Å². The summed E-state index contributed by atoms with van der Waals surface area (Å²) >= 11 is 1.78. The Hall–Kier alpha value is -3.05. The van der Waals surface area contributed by atoms with Crippen LogP contribution in [0.1, 0.15) is 67.3 Å². The summed E-state index contributed by atoms with van der Waals surface area (Å²) in [5.41, 5.74) is 5.68. The molecule has 1 aliphatic heterocycles. The van der Waals surface area contributed by atoms with Crippen LogP contribution in [0.5, 0.6) is 0 Å². The van der Waals surface area contributed by atoms with Crippen LogP contribution < -0.4 is 16.0 Å². The molecule has 0 aliphatic carbocycles. The van der Waals surface area contributed by atoms with Crippen molar-refractivity contribution >= 4 is 28.6 Å². The molecule has 2 heterocycles. The Balaban J connectivity index is 1.43. The average Bonchev–Trinajstić information content (AvgIpc) is 3.55. The van der Waals surface area contributed by atoms with Crippen molar-refractivity contribution in [3.05, 3.63) is 94.2 Å². The summed E-state index contributed by atoms with van der Waals surface area (Å²) < 4.78 is 0. The second kappa shape index (κ2) is 11.4. The van der Waals surface area contributed by atoms with Crippen LogP contribution in [0.4, 0.5) is 5.69 Å². The van der Waals surface area contributed by atoms with Crippen molar-refractivity contribution in [2.24, 2.45) is 10.9 Å². The van der Waals surface area contributed by atoms with Crippen LogP contribution in [0.15, 0.2) is 77.6 Å². The maximum Gasteiger partial charge on any atom is 0.128 e. The number of anilines is 1. The lowest BCUT2D eigenvalue weighted by molar-refractivity contribution is 0.531. The van der Waals surface area contributed by atoms with Gasteiger partial charge >= 0.3 is 0 Å². The summed E-state index contributed by atoms with van der Waals surface area (Å²) in [5, 5.41) is 12.8. The first kappa shape index (κ1) is 24.1. The van der Waals surface area contributed by atoms with Crippen molar-refractivity contribution in [1.29, 1.82) is 0 Å². The van der Waals surface area contributed by atoms with Crippen LogP contribution in [-0.2, 0) is 0 Å². The zero-order chi connectivity index (χ0) is 23.9. The van der Waals surface area contributed by atoms with Crippen molar-refractivity contribution in [2.75, 3.05) is 18.4 Å². The van der Waals surface area contributed by atoms with E-state index in [2.05, 4.69) is 109 Å². The summed E-state index contributed by atoms with van der Waals surface area (Å²) in [6, 6.07) is 22.3. The van der Waals surface area contributed by atoms with Gasteiger partial charge in [0.2, 0.25) is 0 Å². The highest BCUT2D eigenvalue weighted by molar-refractivity contribution is 7.10. The third kappa shape index (κ3) is 6.09. The Bertz CT molecular complexity index is 1080. The molecule has 0 amide bonds. The number of hydrogen-bond donors (Lipinski definition) is 3. The zero-order valence-electron chi connectivity index (χ0n) is 20.5. The predicted molar refractivity (Wildman–Crippen MR) is 148 cm³/mol. The SMILES string of the molecule is C=C(NCCC)c1ccc(NC(CC(C)C)c2ccc(C3=NCC(c4cccs4)N3)cc2)cc1. The maximum atomic E-state index is 4.76. The minimum Gasteiger partial charge on any atom is -0.385 e. The van der Waals surface area contributed by atoms with Gasteiger partial charge in [0.25, 0.3) is 0 Å². The van der Waals surface area contributed by atoms with E-state index in [1.54, 1.807) is 11.3 Å². The lowest BCUT2D eigenvalue weighted by Gasteiger charge is -2.23. The highest BCUT2D eigenvalue weighted by Gasteiger charge is 2.21. The molecular weight excluding hydrogens is 436 g/mol. The number of nitrogens with one attached hydrogen (secondary N) is 3. The third-order valence-corrected chi connectivity index (χ3v) is 7.07. The van der Waals surface area contributed by atoms with E-state index in [9.17, 15) is 0 Å². The molecule has 0 bridgehead atoms. The van der Waals surface area contributed by atoms with Gasteiger partial charge in [-0.3, -0.25) is 4.99 Å². The number of benzene rings is 2. The van der Waals surface area contributed by atoms with Gasteiger partial charge in [-0.15, -0.1) is 11.3 Å². The molecule has 1 aromatic heterocycles. The molecule has 2 unspecified atom stereocenters. The molecule has 178 valence electrons. The molecule has 4 rings (SSSR count). The van der Waals surface area contributed by atoms with Crippen molar-refractivity contribution < 1.29 is 0 Å². The quantitative estimate of drug-likeness (QED) is 0.281. The van der Waals surface area contributed by atoms with Crippen LogP contribution in [0.3, 0.4) is 0 Å². The molecule has 0 radical (unpaired) electrons. The van der Waals surface area contributed by atoms with Crippen molar-refractivity contribution in [3.63, 3.8) is 0 Å². The molecule has 4 nitrogen and oxygen atoms in total. The highest BCUT2D eigenvalue weighted by atomic mass is 32.1. The Morgan fingerprint density at radius 3 is 2.53 bits per heavy atom. The van der Waals surface area contributed by atoms with Crippen LogP contribution >= 0.6 is 11.3 Å². The summed E-state index contributed by atoms with van der Waals surface area (Å²) in [4.78, 5) is 6.10. The molecule has 0 saturated carbocycles. The van der Waals surface area contributed by atoms with Crippen molar-refractivity contribution in [1.82, 2.24) is 10.6 Å². The Labute approximate surface area is 208 Å². The van der Waals surface area contributed by atoms with E-state index in [-0.39, 0.29) is 6.04 Å². The number of thiophene rings is 1. The molecule has 5 heteroatoms. The van der Waals surface area contributed by atoms with Gasteiger partial charge in [-0.25, -0.2) is 0 Å². The molecule has 2 atom stereocenters. The van der Waals surface area contributed by atoms with E-state index >= 15 is 0 Å². The zero-order valence-corrected chi connectivity index (χ0v) is 21.3. The lowest BCUT2D eigenvalue weighted by atomic mass is 9.95. The standard InChI is InChI=1S/C29H36N4S/c1-5-16-30-21(4)22-12-14-25(15-13-22)32-26(18-20(2)3)23-8-10-24(11-9-23)29-31-19-27(33-29)28-7-6-17-34-28/h6-15,17,20,26-27,30,32H,4-5,16,18-19H2,1-3H3,(H,31,33). The molecule has 0 saturated heterocycles. The molecule has 1 aliphatic rings. The summed E-state index contributed by atoms with van der Waals surface area (Å²) in [6.07, 6.45) is 2.15. The summed E-state index contributed by atoms with van der Waals surface area (Å²) in [6.45, 7) is 12.6. The van der Waals surface area contributed by atoms with Crippen LogP contribution in [0, 0.1) is 5.92 Å². The topological polar surface area (TPSA) is 48.5 Å². The second-order valence-corrected chi connectivity index (χ2v) is 10.3. The van der Waals surface area contributed by atoms with Crippen LogP contribution in [0.25, 0.3) is 5.70 Å². The Kier molecular flexibility index (Phi) is 8.07. The molecule has 34 heavy (non-hydrogen) atoms. The van der Waals surface area contributed by atoms with Crippen molar-refractivity contribution in [3.8, 4) is 0 Å². The monoisotopic (exact) mass is 472 g/mol. The minimum absolute atomic E-state index is 0.249. The molecular formula is C29H36N4S. The molecule has 0 spiro atoms. The smallest absolute Gasteiger partial charge is 0.128 e. The van der Waals surface area contributed by atoms with Gasteiger partial charge < -0.3 is 16.0 Å². The largest absolute Gasteiger partial charge is 0.385 e. The van der Waals surface area contributed by atoms with E-state index in [1.807, 2.05) is 0 Å². The molecule has 0 fully saturated rings. The van der Waals surface area contributed by atoms with Gasteiger partial charge in [-0.2, -0.15) is 0 Å². The average molecular weight is 473 g/mol. The van der Waals surface area contributed by atoms with Crippen LogP contribution in [-0.4, -0.2) is 18.9 Å². The number of aliphatic imine (C=N–C) groups is 1. The van der Waals surface area contributed by atoms with Gasteiger partial charge in [-0.1, -0.05) is 69.8 Å². The van der Waals surface area contributed by atoms with Gasteiger partial charge in [0.15, 0.2) is 0 Å². The highest BCUT2D eigenvalue weighted by Crippen LogP contribution is 2.28. The number of hydrogen-bond acceptors (Lipinski definition) is 5. The lowest BCUT2D eigenvalue weighted by Crippen LogP contribution is -2.23. The summed E-state index contributed by atoms with van der Waals surface area (Å²) in [7, 11) is 0. The number of nitrogens with zero attached hydrogens (tertiary/aromatic N) is 1.